The number of primary amides is 1. The first kappa shape index (κ1) is 17.2. The van der Waals surface area contributed by atoms with Gasteiger partial charge in [0.1, 0.15) is 5.69 Å². The normalized spacial score (nSPS) is 10.3. The summed E-state index contributed by atoms with van der Waals surface area (Å²) in [5.41, 5.74) is 6.76. The summed E-state index contributed by atoms with van der Waals surface area (Å²) in [7, 11) is 1.47. The SMILES string of the molecule is COc1cc(-c2n[nH]nc2C(N)=O)ccc1OCC(=O)c1ccccc1. The van der Waals surface area contributed by atoms with Gasteiger partial charge in [0.05, 0.1) is 7.11 Å². The number of carbonyl (C=O) groups is 2. The van der Waals surface area contributed by atoms with E-state index in [1.807, 2.05) is 6.07 Å². The second kappa shape index (κ2) is 7.47. The number of ketones is 1. The smallest absolute Gasteiger partial charge is 0.271 e. The van der Waals surface area contributed by atoms with Crippen LogP contribution in [-0.2, 0) is 0 Å². The summed E-state index contributed by atoms with van der Waals surface area (Å²) in [6.07, 6.45) is 0. The third kappa shape index (κ3) is 3.54. The maximum atomic E-state index is 12.2. The summed E-state index contributed by atoms with van der Waals surface area (Å²) >= 11 is 0. The second-order valence-corrected chi connectivity index (χ2v) is 5.33. The highest BCUT2D eigenvalue weighted by Crippen LogP contribution is 2.32. The molecule has 26 heavy (non-hydrogen) atoms. The zero-order valence-corrected chi connectivity index (χ0v) is 13.9. The summed E-state index contributed by atoms with van der Waals surface area (Å²) in [6, 6.07) is 13.8. The van der Waals surface area contributed by atoms with E-state index < -0.39 is 5.91 Å². The van der Waals surface area contributed by atoms with Crippen molar-refractivity contribution in [3.63, 3.8) is 0 Å². The predicted octanol–water partition coefficient (Wildman–Crippen LogP) is 1.84. The van der Waals surface area contributed by atoms with Crippen LogP contribution in [0.1, 0.15) is 20.8 Å². The monoisotopic (exact) mass is 352 g/mol. The van der Waals surface area contributed by atoms with Crippen LogP contribution < -0.4 is 15.2 Å². The number of hydrogen-bond acceptors (Lipinski definition) is 6. The molecule has 0 aliphatic carbocycles. The molecule has 3 aromatic rings. The summed E-state index contributed by atoms with van der Waals surface area (Å²) in [5.74, 6) is -0.0582. The molecule has 0 aliphatic rings. The average molecular weight is 352 g/mol. The van der Waals surface area contributed by atoms with Gasteiger partial charge in [-0.2, -0.15) is 15.4 Å². The van der Waals surface area contributed by atoms with Crippen LogP contribution in [-0.4, -0.2) is 40.8 Å². The van der Waals surface area contributed by atoms with E-state index in [4.69, 9.17) is 15.2 Å². The molecule has 0 spiro atoms. The summed E-state index contributed by atoms with van der Waals surface area (Å²) in [4.78, 5) is 23.5. The molecule has 3 N–H and O–H groups in total. The molecule has 0 radical (unpaired) electrons. The number of nitrogens with two attached hydrogens (primary N) is 1. The molecule has 0 saturated carbocycles. The first-order valence-corrected chi connectivity index (χ1v) is 7.70. The van der Waals surface area contributed by atoms with Crippen LogP contribution in [0, 0.1) is 0 Å². The maximum absolute atomic E-state index is 12.2. The molecule has 1 amide bonds. The van der Waals surface area contributed by atoms with Gasteiger partial charge in [-0.05, 0) is 18.2 Å². The fourth-order valence-corrected chi connectivity index (χ4v) is 2.39. The van der Waals surface area contributed by atoms with Gasteiger partial charge in [-0.3, -0.25) is 9.59 Å². The lowest BCUT2D eigenvalue weighted by atomic mass is 10.1. The third-order valence-corrected chi connectivity index (χ3v) is 3.67. The number of hydrogen-bond donors (Lipinski definition) is 2. The largest absolute Gasteiger partial charge is 0.493 e. The van der Waals surface area contributed by atoms with Crippen molar-refractivity contribution >= 4 is 11.7 Å². The molecular weight excluding hydrogens is 336 g/mol. The fraction of sp³-hybridized carbons (Fsp3) is 0.111. The van der Waals surface area contributed by atoms with E-state index in [2.05, 4.69) is 15.4 Å². The number of aromatic nitrogens is 3. The van der Waals surface area contributed by atoms with Gasteiger partial charge in [-0.25, -0.2) is 0 Å². The maximum Gasteiger partial charge on any atom is 0.271 e. The number of carbonyl (C=O) groups excluding carboxylic acids is 2. The van der Waals surface area contributed by atoms with Crippen LogP contribution in [0.25, 0.3) is 11.3 Å². The minimum absolute atomic E-state index is 0.0278. The zero-order valence-electron chi connectivity index (χ0n) is 13.9. The Labute approximate surface area is 148 Å². The van der Waals surface area contributed by atoms with E-state index in [0.717, 1.165) is 0 Å². The first-order chi connectivity index (χ1) is 12.6. The average Bonchev–Trinajstić information content (AvgIpc) is 3.17. The molecule has 3 rings (SSSR count). The highest BCUT2D eigenvalue weighted by atomic mass is 16.5. The van der Waals surface area contributed by atoms with Gasteiger partial charge < -0.3 is 15.2 Å². The number of rotatable bonds is 7. The topological polar surface area (TPSA) is 120 Å². The molecule has 2 aromatic carbocycles. The minimum Gasteiger partial charge on any atom is -0.493 e. The fourth-order valence-electron chi connectivity index (χ4n) is 2.39. The molecule has 0 atom stereocenters. The summed E-state index contributed by atoms with van der Waals surface area (Å²) < 4.78 is 10.9. The molecule has 1 aromatic heterocycles. The summed E-state index contributed by atoms with van der Waals surface area (Å²) in [5, 5.41) is 10.0. The number of benzene rings is 2. The number of aromatic amines is 1. The Morgan fingerprint density at radius 2 is 1.85 bits per heavy atom. The number of amides is 1. The molecular formula is C18H16N4O4. The van der Waals surface area contributed by atoms with Gasteiger partial charge in [0, 0.05) is 11.1 Å². The molecule has 0 fully saturated rings. The third-order valence-electron chi connectivity index (χ3n) is 3.67. The molecule has 0 aliphatic heterocycles. The Kier molecular flexibility index (Phi) is 4.93. The predicted molar refractivity (Wildman–Crippen MR) is 93.2 cm³/mol. The minimum atomic E-state index is -0.693. The molecule has 1 heterocycles. The van der Waals surface area contributed by atoms with Crippen molar-refractivity contribution in [2.75, 3.05) is 13.7 Å². The quantitative estimate of drug-likeness (QED) is 0.626. The van der Waals surface area contributed by atoms with E-state index in [-0.39, 0.29) is 18.1 Å². The number of nitrogens with one attached hydrogen (secondary N) is 1. The highest BCUT2D eigenvalue weighted by Gasteiger charge is 2.17. The van der Waals surface area contributed by atoms with Crippen LogP contribution in [0.3, 0.4) is 0 Å². The lowest BCUT2D eigenvalue weighted by Gasteiger charge is -2.11. The van der Waals surface area contributed by atoms with Crippen molar-refractivity contribution in [2.45, 2.75) is 0 Å². The molecule has 0 bridgehead atoms. The van der Waals surface area contributed by atoms with Crippen LogP contribution in [0.4, 0.5) is 0 Å². The van der Waals surface area contributed by atoms with Gasteiger partial charge in [0.2, 0.25) is 0 Å². The Morgan fingerprint density at radius 3 is 2.54 bits per heavy atom. The lowest BCUT2D eigenvalue weighted by Crippen LogP contribution is -2.13. The number of H-pyrrole nitrogens is 1. The van der Waals surface area contributed by atoms with Crippen molar-refractivity contribution in [3.8, 4) is 22.8 Å². The van der Waals surface area contributed by atoms with Crippen LogP contribution >= 0.6 is 0 Å². The Bertz CT molecular complexity index is 937. The van der Waals surface area contributed by atoms with E-state index in [1.165, 1.54) is 7.11 Å². The van der Waals surface area contributed by atoms with Crippen molar-refractivity contribution in [1.29, 1.82) is 0 Å². The van der Waals surface area contributed by atoms with Crippen molar-refractivity contribution < 1.29 is 19.1 Å². The number of Topliss-reactive ketones (excluding diaryl/α,β-unsaturated/α-hetero) is 1. The second-order valence-electron chi connectivity index (χ2n) is 5.33. The van der Waals surface area contributed by atoms with Crippen LogP contribution in [0.5, 0.6) is 11.5 Å². The van der Waals surface area contributed by atoms with Gasteiger partial charge in [0.25, 0.3) is 5.91 Å². The summed E-state index contributed by atoms with van der Waals surface area (Å²) in [6.45, 7) is -0.129. The lowest BCUT2D eigenvalue weighted by molar-refractivity contribution is 0.0918. The van der Waals surface area contributed by atoms with Crippen molar-refractivity contribution in [3.05, 3.63) is 59.8 Å². The van der Waals surface area contributed by atoms with Crippen molar-refractivity contribution in [1.82, 2.24) is 15.4 Å². The van der Waals surface area contributed by atoms with Crippen molar-refractivity contribution in [2.24, 2.45) is 5.73 Å². The Hall–Kier alpha value is -3.68. The highest BCUT2D eigenvalue weighted by molar-refractivity contribution is 5.97. The first-order valence-electron chi connectivity index (χ1n) is 7.70. The molecule has 0 unspecified atom stereocenters. The number of methoxy groups -OCH3 is 1. The van der Waals surface area contributed by atoms with Gasteiger partial charge in [0.15, 0.2) is 29.6 Å². The molecule has 0 saturated heterocycles. The molecule has 8 heteroatoms. The van der Waals surface area contributed by atoms with Crippen LogP contribution in [0.15, 0.2) is 48.5 Å². The van der Waals surface area contributed by atoms with E-state index in [0.29, 0.717) is 28.3 Å². The van der Waals surface area contributed by atoms with E-state index in [1.54, 1.807) is 42.5 Å². The number of ether oxygens (including phenoxy) is 2. The molecule has 8 nitrogen and oxygen atoms in total. The van der Waals surface area contributed by atoms with Crippen LogP contribution in [0.2, 0.25) is 0 Å². The zero-order chi connectivity index (χ0) is 18.5. The standard InChI is InChI=1S/C18H16N4O4/c1-25-15-9-12(16-17(18(19)24)21-22-20-16)7-8-14(15)26-10-13(23)11-5-3-2-4-6-11/h2-9H,10H2,1H3,(H2,19,24)(H,20,21,22). The Morgan fingerprint density at radius 1 is 1.08 bits per heavy atom. The van der Waals surface area contributed by atoms with E-state index in [9.17, 15) is 9.59 Å². The van der Waals surface area contributed by atoms with E-state index >= 15 is 0 Å². The van der Waals surface area contributed by atoms with Gasteiger partial charge in [-0.1, -0.05) is 30.3 Å². The Balaban J connectivity index is 1.80. The van der Waals surface area contributed by atoms with Gasteiger partial charge >= 0.3 is 0 Å². The van der Waals surface area contributed by atoms with Gasteiger partial charge in [-0.15, -0.1) is 0 Å². The molecule has 132 valence electrons. The number of nitrogens with zero attached hydrogens (tertiary/aromatic N) is 2.